The van der Waals surface area contributed by atoms with E-state index in [1.165, 1.54) is 12.3 Å². The van der Waals surface area contributed by atoms with Crippen LogP contribution in [0.3, 0.4) is 0 Å². The first-order valence-electron chi connectivity index (χ1n) is 8.83. The first-order chi connectivity index (χ1) is 13.8. The molecule has 29 heavy (non-hydrogen) atoms. The predicted octanol–water partition coefficient (Wildman–Crippen LogP) is 2.52. The molecule has 3 aromatic rings. The summed E-state index contributed by atoms with van der Waals surface area (Å²) in [5, 5.41) is 3.25. The third-order valence-corrected chi connectivity index (χ3v) is 6.78. The van der Waals surface area contributed by atoms with Crippen molar-refractivity contribution in [2.45, 2.75) is 6.54 Å². The molecule has 11 heteroatoms. The Balaban J connectivity index is 1.61. The summed E-state index contributed by atoms with van der Waals surface area (Å²) in [4.78, 5) is 23.4. The number of sulfone groups is 1. The molecule has 1 N–H and O–H groups in total. The van der Waals surface area contributed by atoms with Gasteiger partial charge in [0.1, 0.15) is 0 Å². The van der Waals surface area contributed by atoms with Crippen molar-refractivity contribution in [3.63, 3.8) is 0 Å². The SMILES string of the molecule is O=C(Nc1ncc(Cl)cc1Cl)c1nc(CN2CCS(=O)(=O)CC2)c2ccccn12. The van der Waals surface area contributed by atoms with Gasteiger partial charge in [-0.2, -0.15) is 0 Å². The molecule has 1 aliphatic rings. The van der Waals surface area contributed by atoms with E-state index in [9.17, 15) is 13.2 Å². The van der Waals surface area contributed by atoms with Crippen molar-refractivity contribution in [3.05, 3.63) is 58.2 Å². The summed E-state index contributed by atoms with van der Waals surface area (Å²) in [6.45, 7) is 1.34. The number of rotatable bonds is 4. The number of halogens is 2. The number of carbonyl (C=O) groups excluding carboxylic acids is 1. The second kappa shape index (κ2) is 7.91. The van der Waals surface area contributed by atoms with E-state index in [1.807, 2.05) is 17.0 Å². The summed E-state index contributed by atoms with van der Waals surface area (Å²) in [6, 6.07) is 7.02. The lowest BCUT2D eigenvalue weighted by Crippen LogP contribution is -2.39. The predicted molar refractivity (Wildman–Crippen MR) is 111 cm³/mol. The van der Waals surface area contributed by atoms with Crippen LogP contribution in [0.15, 0.2) is 36.7 Å². The number of hydrogen-bond acceptors (Lipinski definition) is 6. The van der Waals surface area contributed by atoms with Gasteiger partial charge in [-0.05, 0) is 18.2 Å². The summed E-state index contributed by atoms with van der Waals surface area (Å²) in [5.74, 6) is 0.180. The van der Waals surface area contributed by atoms with Gasteiger partial charge in [0.05, 0.1) is 32.8 Å². The van der Waals surface area contributed by atoms with E-state index in [4.69, 9.17) is 23.2 Å². The fourth-order valence-corrected chi connectivity index (χ4v) is 4.87. The van der Waals surface area contributed by atoms with Crippen LogP contribution in [0.2, 0.25) is 10.0 Å². The number of carbonyl (C=O) groups is 1. The first-order valence-corrected chi connectivity index (χ1v) is 11.4. The van der Waals surface area contributed by atoms with Gasteiger partial charge in [0.25, 0.3) is 5.91 Å². The highest BCUT2D eigenvalue weighted by atomic mass is 35.5. The highest BCUT2D eigenvalue weighted by Gasteiger charge is 2.24. The molecule has 8 nitrogen and oxygen atoms in total. The van der Waals surface area contributed by atoms with Crippen molar-refractivity contribution in [3.8, 4) is 0 Å². The third kappa shape index (κ3) is 4.37. The Morgan fingerprint density at radius 1 is 1.21 bits per heavy atom. The number of fused-ring (bicyclic) bond motifs is 1. The molecule has 0 atom stereocenters. The number of anilines is 1. The summed E-state index contributed by atoms with van der Waals surface area (Å²) in [6.07, 6.45) is 3.14. The van der Waals surface area contributed by atoms with Crippen molar-refractivity contribution in [1.29, 1.82) is 0 Å². The van der Waals surface area contributed by atoms with Gasteiger partial charge in [0.15, 0.2) is 15.7 Å². The van der Waals surface area contributed by atoms with Crippen LogP contribution in [0.4, 0.5) is 5.82 Å². The molecule has 0 unspecified atom stereocenters. The topological polar surface area (TPSA) is 96.7 Å². The van der Waals surface area contributed by atoms with Gasteiger partial charge in [-0.25, -0.2) is 18.4 Å². The molecule has 0 spiro atoms. The van der Waals surface area contributed by atoms with Crippen LogP contribution in [-0.4, -0.2) is 58.2 Å². The Morgan fingerprint density at radius 2 is 1.97 bits per heavy atom. The number of amides is 1. The number of nitrogens with zero attached hydrogens (tertiary/aromatic N) is 4. The van der Waals surface area contributed by atoms with Crippen molar-refractivity contribution in [1.82, 2.24) is 19.3 Å². The Morgan fingerprint density at radius 3 is 2.69 bits per heavy atom. The van der Waals surface area contributed by atoms with E-state index in [1.54, 1.807) is 16.7 Å². The van der Waals surface area contributed by atoms with Crippen LogP contribution < -0.4 is 5.32 Å². The molecule has 0 radical (unpaired) electrons. The van der Waals surface area contributed by atoms with E-state index in [2.05, 4.69) is 15.3 Å². The highest BCUT2D eigenvalue weighted by Crippen LogP contribution is 2.23. The minimum atomic E-state index is -2.96. The normalized spacial score (nSPS) is 16.8. The van der Waals surface area contributed by atoms with E-state index < -0.39 is 15.7 Å². The fraction of sp³-hybridized carbons (Fsp3) is 0.278. The number of hydrogen-bond donors (Lipinski definition) is 1. The maximum Gasteiger partial charge on any atom is 0.293 e. The van der Waals surface area contributed by atoms with Gasteiger partial charge in [0.2, 0.25) is 5.82 Å². The number of imidazole rings is 1. The zero-order valence-corrected chi connectivity index (χ0v) is 17.5. The van der Waals surface area contributed by atoms with Crippen LogP contribution in [0, 0.1) is 0 Å². The molecule has 1 aliphatic heterocycles. The molecule has 3 aromatic heterocycles. The van der Waals surface area contributed by atoms with Crippen molar-refractivity contribution in [2.75, 3.05) is 29.9 Å². The fourth-order valence-electron chi connectivity index (χ4n) is 3.17. The Kier molecular flexibility index (Phi) is 5.48. The average Bonchev–Trinajstić information content (AvgIpc) is 3.04. The molecule has 1 fully saturated rings. The molecule has 0 aromatic carbocycles. The molecule has 4 heterocycles. The third-order valence-electron chi connectivity index (χ3n) is 4.68. The van der Waals surface area contributed by atoms with E-state index in [0.29, 0.717) is 30.4 Å². The molecule has 1 amide bonds. The quantitative estimate of drug-likeness (QED) is 0.651. The van der Waals surface area contributed by atoms with Crippen molar-refractivity contribution < 1.29 is 13.2 Å². The monoisotopic (exact) mass is 453 g/mol. The second-order valence-electron chi connectivity index (χ2n) is 6.70. The van der Waals surface area contributed by atoms with Gasteiger partial charge in [-0.1, -0.05) is 29.3 Å². The largest absolute Gasteiger partial charge is 0.303 e. The van der Waals surface area contributed by atoms with Gasteiger partial charge in [0, 0.05) is 32.0 Å². The summed E-state index contributed by atoms with van der Waals surface area (Å²) >= 11 is 11.9. The molecule has 0 bridgehead atoms. The molecule has 0 saturated carbocycles. The lowest BCUT2D eigenvalue weighted by Gasteiger charge is -2.25. The van der Waals surface area contributed by atoms with Crippen LogP contribution >= 0.6 is 23.2 Å². The molecule has 0 aliphatic carbocycles. The summed E-state index contributed by atoms with van der Waals surface area (Å²) in [5.41, 5.74) is 1.48. The Labute approximate surface area is 177 Å². The molecular formula is C18H17Cl2N5O3S. The lowest BCUT2D eigenvalue weighted by atomic mass is 10.3. The van der Waals surface area contributed by atoms with Crippen LogP contribution in [0.5, 0.6) is 0 Å². The molecule has 152 valence electrons. The number of pyridine rings is 2. The van der Waals surface area contributed by atoms with E-state index in [-0.39, 0.29) is 28.2 Å². The average molecular weight is 454 g/mol. The lowest BCUT2D eigenvalue weighted by molar-refractivity contribution is 0.101. The summed E-state index contributed by atoms with van der Waals surface area (Å²) in [7, 11) is -2.96. The van der Waals surface area contributed by atoms with E-state index >= 15 is 0 Å². The maximum atomic E-state index is 12.8. The second-order valence-corrected chi connectivity index (χ2v) is 9.85. The highest BCUT2D eigenvalue weighted by molar-refractivity contribution is 7.91. The van der Waals surface area contributed by atoms with Crippen LogP contribution in [-0.2, 0) is 16.4 Å². The molecule has 4 rings (SSSR count). The smallest absolute Gasteiger partial charge is 0.293 e. The minimum Gasteiger partial charge on any atom is -0.303 e. The number of aromatic nitrogens is 3. The number of nitrogens with one attached hydrogen (secondary N) is 1. The zero-order valence-electron chi connectivity index (χ0n) is 15.2. The molecule has 1 saturated heterocycles. The molecular weight excluding hydrogens is 437 g/mol. The van der Waals surface area contributed by atoms with Crippen LogP contribution in [0.25, 0.3) is 5.52 Å². The zero-order chi connectivity index (χ0) is 20.6. The Bertz CT molecular complexity index is 1180. The summed E-state index contributed by atoms with van der Waals surface area (Å²) < 4.78 is 25.0. The maximum absolute atomic E-state index is 12.8. The Hall–Kier alpha value is -2.20. The van der Waals surface area contributed by atoms with Crippen molar-refractivity contribution in [2.24, 2.45) is 0 Å². The first kappa shape index (κ1) is 20.1. The van der Waals surface area contributed by atoms with Gasteiger partial charge in [-0.15, -0.1) is 0 Å². The standard InChI is InChI=1S/C18H17Cl2N5O3S/c19-12-9-13(20)16(21-10-12)23-18(26)17-22-14(15-3-1-2-4-25(15)17)11-24-5-7-29(27,28)8-6-24/h1-4,9-10H,5-8,11H2,(H,21,23,26). The van der Waals surface area contributed by atoms with E-state index in [0.717, 1.165) is 5.52 Å². The van der Waals surface area contributed by atoms with Gasteiger partial charge >= 0.3 is 0 Å². The van der Waals surface area contributed by atoms with Crippen molar-refractivity contribution >= 4 is 50.3 Å². The van der Waals surface area contributed by atoms with Crippen LogP contribution in [0.1, 0.15) is 16.3 Å². The van der Waals surface area contributed by atoms with Gasteiger partial charge in [-0.3, -0.25) is 14.1 Å². The van der Waals surface area contributed by atoms with Gasteiger partial charge < -0.3 is 5.32 Å². The minimum absolute atomic E-state index is 0.132.